The van der Waals surface area contributed by atoms with E-state index in [-0.39, 0.29) is 18.7 Å². The molecule has 0 spiro atoms. The van der Waals surface area contributed by atoms with Crippen molar-refractivity contribution in [3.63, 3.8) is 0 Å². The molecule has 0 aromatic heterocycles. The van der Waals surface area contributed by atoms with Crippen molar-refractivity contribution in [2.75, 3.05) is 26.5 Å². The van der Waals surface area contributed by atoms with Crippen molar-refractivity contribution in [3.8, 4) is 11.5 Å². The van der Waals surface area contributed by atoms with Crippen LogP contribution >= 0.6 is 0 Å². The van der Waals surface area contributed by atoms with Crippen LogP contribution in [0.4, 0.5) is 0 Å². The van der Waals surface area contributed by atoms with Gasteiger partial charge in [-0.25, -0.2) is 0 Å². The standard InChI is InChI=1S/C14H17NO4/c1-9-4-13-14(19-8-18-13)6-11(9)12(16)5-10-7-15-2-3-17-10/h4,6,10,15H,2-3,5,7-8H2,1H3. The highest BCUT2D eigenvalue weighted by molar-refractivity contribution is 5.98. The summed E-state index contributed by atoms with van der Waals surface area (Å²) in [7, 11) is 0. The molecule has 1 unspecified atom stereocenters. The first-order valence-corrected chi connectivity index (χ1v) is 6.50. The Morgan fingerprint density at radius 2 is 2.16 bits per heavy atom. The third kappa shape index (κ3) is 2.57. The van der Waals surface area contributed by atoms with E-state index in [0.29, 0.717) is 30.1 Å². The van der Waals surface area contributed by atoms with Crippen LogP contribution < -0.4 is 14.8 Å². The van der Waals surface area contributed by atoms with Crippen molar-refractivity contribution in [1.82, 2.24) is 5.32 Å². The molecule has 3 rings (SSSR count). The molecule has 2 heterocycles. The normalized spacial score (nSPS) is 21.4. The Balaban J connectivity index is 1.75. The molecule has 1 saturated heterocycles. The van der Waals surface area contributed by atoms with Crippen LogP contribution in [-0.4, -0.2) is 38.4 Å². The Bertz CT molecular complexity index is 494. The van der Waals surface area contributed by atoms with Gasteiger partial charge in [0.05, 0.1) is 12.7 Å². The van der Waals surface area contributed by atoms with Gasteiger partial charge in [-0.15, -0.1) is 0 Å². The predicted molar refractivity (Wildman–Crippen MR) is 68.9 cm³/mol. The molecule has 102 valence electrons. The van der Waals surface area contributed by atoms with Gasteiger partial charge in [0.15, 0.2) is 17.3 Å². The van der Waals surface area contributed by atoms with Crippen LogP contribution in [0.3, 0.4) is 0 Å². The molecule has 0 radical (unpaired) electrons. The Labute approximate surface area is 111 Å². The van der Waals surface area contributed by atoms with E-state index in [1.807, 2.05) is 13.0 Å². The van der Waals surface area contributed by atoms with Crippen LogP contribution in [0, 0.1) is 6.92 Å². The number of carbonyl (C=O) groups is 1. The Morgan fingerprint density at radius 1 is 1.37 bits per heavy atom. The summed E-state index contributed by atoms with van der Waals surface area (Å²) < 4.78 is 16.2. The topological polar surface area (TPSA) is 56.8 Å². The monoisotopic (exact) mass is 263 g/mol. The van der Waals surface area contributed by atoms with Crippen molar-refractivity contribution in [3.05, 3.63) is 23.3 Å². The number of rotatable bonds is 3. The maximum absolute atomic E-state index is 12.3. The summed E-state index contributed by atoms with van der Waals surface area (Å²) in [5.74, 6) is 1.45. The maximum atomic E-state index is 12.3. The number of hydrogen-bond donors (Lipinski definition) is 1. The van der Waals surface area contributed by atoms with Gasteiger partial charge in [-0.3, -0.25) is 4.79 Å². The molecule has 5 nitrogen and oxygen atoms in total. The van der Waals surface area contributed by atoms with Gasteiger partial charge in [0.25, 0.3) is 0 Å². The number of carbonyl (C=O) groups excluding carboxylic acids is 1. The van der Waals surface area contributed by atoms with Gasteiger partial charge in [0.1, 0.15) is 0 Å². The first kappa shape index (κ1) is 12.4. The molecule has 1 fully saturated rings. The van der Waals surface area contributed by atoms with Gasteiger partial charge < -0.3 is 19.5 Å². The first-order chi connectivity index (χ1) is 9.24. The molecule has 0 amide bonds. The molecule has 0 aliphatic carbocycles. The molecule has 0 saturated carbocycles. The number of benzene rings is 1. The van der Waals surface area contributed by atoms with Crippen molar-refractivity contribution >= 4 is 5.78 Å². The summed E-state index contributed by atoms with van der Waals surface area (Å²) >= 11 is 0. The lowest BCUT2D eigenvalue weighted by molar-refractivity contribution is 0.0240. The van der Waals surface area contributed by atoms with Crippen molar-refractivity contribution in [1.29, 1.82) is 0 Å². The highest BCUT2D eigenvalue weighted by atomic mass is 16.7. The van der Waals surface area contributed by atoms with Crippen LogP contribution in [0.2, 0.25) is 0 Å². The van der Waals surface area contributed by atoms with Crippen LogP contribution in [-0.2, 0) is 4.74 Å². The number of ether oxygens (including phenoxy) is 3. The maximum Gasteiger partial charge on any atom is 0.231 e. The molecule has 1 N–H and O–H groups in total. The summed E-state index contributed by atoms with van der Waals surface area (Å²) in [6.45, 7) is 4.39. The molecule has 2 aliphatic rings. The first-order valence-electron chi connectivity index (χ1n) is 6.50. The zero-order valence-corrected chi connectivity index (χ0v) is 10.9. The second-order valence-electron chi connectivity index (χ2n) is 4.84. The highest BCUT2D eigenvalue weighted by Gasteiger charge is 2.22. The number of fused-ring (bicyclic) bond motifs is 1. The van der Waals surface area contributed by atoms with Gasteiger partial charge in [-0.2, -0.15) is 0 Å². The molecule has 19 heavy (non-hydrogen) atoms. The number of hydrogen-bond acceptors (Lipinski definition) is 5. The molecule has 1 atom stereocenters. The van der Waals surface area contributed by atoms with Gasteiger partial charge in [0, 0.05) is 25.1 Å². The largest absolute Gasteiger partial charge is 0.454 e. The quantitative estimate of drug-likeness (QED) is 0.833. The summed E-state index contributed by atoms with van der Waals surface area (Å²) in [4.78, 5) is 12.3. The van der Waals surface area contributed by atoms with Crippen molar-refractivity contribution < 1.29 is 19.0 Å². The van der Waals surface area contributed by atoms with Crippen LogP contribution in [0.5, 0.6) is 11.5 Å². The molecule has 5 heteroatoms. The fourth-order valence-corrected chi connectivity index (χ4v) is 2.41. The van der Waals surface area contributed by atoms with E-state index in [1.54, 1.807) is 6.07 Å². The summed E-state index contributed by atoms with van der Waals surface area (Å²) in [6.07, 6.45) is 0.360. The Kier molecular flexibility index (Phi) is 3.40. The van der Waals surface area contributed by atoms with E-state index >= 15 is 0 Å². The fraction of sp³-hybridized carbons (Fsp3) is 0.500. The third-order valence-electron chi connectivity index (χ3n) is 3.44. The summed E-state index contributed by atoms with van der Waals surface area (Å²) in [5, 5.41) is 3.23. The van der Waals surface area contributed by atoms with E-state index < -0.39 is 0 Å². The molecular weight excluding hydrogens is 246 g/mol. The Hall–Kier alpha value is -1.59. The van der Waals surface area contributed by atoms with Crippen molar-refractivity contribution in [2.45, 2.75) is 19.4 Å². The van der Waals surface area contributed by atoms with Crippen LogP contribution in [0.15, 0.2) is 12.1 Å². The lowest BCUT2D eigenvalue weighted by Crippen LogP contribution is -2.39. The number of morpholine rings is 1. The van der Waals surface area contributed by atoms with Crippen LogP contribution in [0.1, 0.15) is 22.3 Å². The van der Waals surface area contributed by atoms with E-state index in [1.165, 1.54) is 0 Å². The molecule has 0 bridgehead atoms. The van der Waals surface area contributed by atoms with E-state index in [4.69, 9.17) is 14.2 Å². The minimum absolute atomic E-state index is 0.0360. The molecule has 2 aliphatic heterocycles. The lowest BCUT2D eigenvalue weighted by Gasteiger charge is -2.23. The molecule has 1 aromatic carbocycles. The Morgan fingerprint density at radius 3 is 2.89 bits per heavy atom. The lowest BCUT2D eigenvalue weighted by atomic mass is 9.99. The number of Topliss-reactive ketones (excluding diaryl/α,β-unsaturated/α-hetero) is 1. The third-order valence-corrected chi connectivity index (χ3v) is 3.44. The van der Waals surface area contributed by atoms with E-state index in [2.05, 4.69) is 5.32 Å². The second kappa shape index (κ2) is 5.19. The van der Waals surface area contributed by atoms with Gasteiger partial charge in [-0.05, 0) is 24.6 Å². The van der Waals surface area contributed by atoms with Gasteiger partial charge >= 0.3 is 0 Å². The van der Waals surface area contributed by atoms with Crippen LogP contribution in [0.25, 0.3) is 0 Å². The minimum atomic E-state index is -0.0360. The average Bonchev–Trinajstić information content (AvgIpc) is 2.86. The predicted octanol–water partition coefficient (Wildman–Crippen LogP) is 1.28. The van der Waals surface area contributed by atoms with Crippen molar-refractivity contribution in [2.24, 2.45) is 0 Å². The minimum Gasteiger partial charge on any atom is -0.454 e. The molecular formula is C14H17NO4. The molecule has 1 aromatic rings. The van der Waals surface area contributed by atoms with E-state index in [9.17, 15) is 4.79 Å². The highest BCUT2D eigenvalue weighted by Crippen LogP contribution is 2.35. The fourth-order valence-electron chi connectivity index (χ4n) is 2.41. The summed E-state index contributed by atoms with van der Waals surface area (Å²) in [5.41, 5.74) is 1.61. The van der Waals surface area contributed by atoms with Gasteiger partial charge in [-0.1, -0.05) is 0 Å². The van der Waals surface area contributed by atoms with E-state index in [0.717, 1.165) is 18.7 Å². The number of nitrogens with one attached hydrogen (secondary N) is 1. The summed E-state index contributed by atoms with van der Waals surface area (Å²) in [6, 6.07) is 3.63. The smallest absolute Gasteiger partial charge is 0.231 e. The zero-order chi connectivity index (χ0) is 13.2. The van der Waals surface area contributed by atoms with Gasteiger partial charge in [0.2, 0.25) is 6.79 Å². The SMILES string of the molecule is Cc1cc2c(cc1C(=O)CC1CNCCO1)OCO2. The zero-order valence-electron chi connectivity index (χ0n) is 10.9. The average molecular weight is 263 g/mol. The number of ketones is 1. The number of aryl methyl sites for hydroxylation is 1. The second-order valence-corrected chi connectivity index (χ2v) is 4.84.